The maximum Gasteiger partial charge on any atom is 2.00 e. The topological polar surface area (TPSA) is 0 Å². The summed E-state index contributed by atoms with van der Waals surface area (Å²) in [7, 11) is 0. The molecule has 0 unspecified atom stereocenters. The zero-order valence-electron chi connectivity index (χ0n) is 3.91. The van der Waals surface area contributed by atoms with E-state index in [0.29, 0.717) is 0 Å². The first kappa shape index (κ1) is 16.6. The molecular formula is C4H10U. The Morgan fingerprint density at radius 2 is 1.60 bits per heavy atom. The Morgan fingerprint density at radius 1 is 1.60 bits per heavy atom. The van der Waals surface area contributed by atoms with Crippen molar-refractivity contribution in [2.75, 3.05) is 0 Å². The van der Waals surface area contributed by atoms with Crippen LogP contribution < -0.4 is 0 Å². The normalized spacial score (nSPS) is 3.60. The van der Waals surface area contributed by atoms with Crippen LogP contribution in [0.3, 0.4) is 0 Å². The summed E-state index contributed by atoms with van der Waals surface area (Å²) in [4.78, 5) is 0. The summed E-state index contributed by atoms with van der Waals surface area (Å²) in [6, 6.07) is 0. The van der Waals surface area contributed by atoms with Crippen LogP contribution in [0.1, 0.15) is 13.3 Å². The fourth-order valence-corrected chi connectivity index (χ4v) is 0. The third-order valence-electron chi connectivity index (χ3n) is 0. The molecule has 0 bridgehead atoms. The molecule has 0 spiro atoms. The standard InChI is InChI=1S/C3H7.CH3.U/c1-3-2;;/h1,3H2,2H3;1H3;/q2*-1;+2. The van der Waals surface area contributed by atoms with E-state index in [1.54, 1.807) is 0 Å². The van der Waals surface area contributed by atoms with Crippen molar-refractivity contribution in [1.29, 1.82) is 0 Å². The van der Waals surface area contributed by atoms with E-state index in [1.807, 2.05) is 6.92 Å². The van der Waals surface area contributed by atoms with Crippen molar-refractivity contribution in [2.24, 2.45) is 0 Å². The van der Waals surface area contributed by atoms with Gasteiger partial charge in [-0.25, -0.2) is 0 Å². The van der Waals surface area contributed by atoms with Crippen LogP contribution in [0.15, 0.2) is 0 Å². The van der Waals surface area contributed by atoms with Gasteiger partial charge in [-0.3, -0.25) is 0 Å². The smallest absolute Gasteiger partial charge is 0.358 e. The third kappa shape index (κ3) is 42.5. The van der Waals surface area contributed by atoms with Crippen molar-refractivity contribution in [3.8, 4) is 0 Å². The molecule has 0 aliphatic rings. The van der Waals surface area contributed by atoms with Crippen LogP contribution >= 0.6 is 0 Å². The first-order valence-electron chi connectivity index (χ1n) is 1.21. The molecule has 0 heterocycles. The molecule has 0 N–H and O–H groups in total. The van der Waals surface area contributed by atoms with Crippen molar-refractivity contribution < 1.29 is 31.1 Å². The molecule has 0 saturated heterocycles. The molecule has 0 rings (SSSR count). The van der Waals surface area contributed by atoms with E-state index in [2.05, 4.69) is 6.92 Å². The van der Waals surface area contributed by atoms with Gasteiger partial charge >= 0.3 is 31.1 Å². The minimum Gasteiger partial charge on any atom is -0.358 e. The zero-order chi connectivity index (χ0) is 2.71. The van der Waals surface area contributed by atoms with E-state index in [9.17, 15) is 0 Å². The predicted octanol–water partition coefficient (Wildman–Crippen LogP) is 1.68. The summed E-state index contributed by atoms with van der Waals surface area (Å²) < 4.78 is 0. The maximum atomic E-state index is 3.49. The van der Waals surface area contributed by atoms with E-state index < -0.39 is 0 Å². The van der Waals surface area contributed by atoms with E-state index in [-0.39, 0.29) is 38.5 Å². The Labute approximate surface area is 58.7 Å². The van der Waals surface area contributed by atoms with Gasteiger partial charge in [0.15, 0.2) is 0 Å². The molecule has 0 aliphatic heterocycles. The monoisotopic (exact) mass is 296 g/mol. The van der Waals surface area contributed by atoms with Gasteiger partial charge in [0.2, 0.25) is 0 Å². The molecule has 0 saturated carbocycles. The molecule has 1 heteroatoms. The van der Waals surface area contributed by atoms with Crippen molar-refractivity contribution >= 4 is 0 Å². The molecule has 0 amide bonds. The van der Waals surface area contributed by atoms with Gasteiger partial charge in [0.1, 0.15) is 0 Å². The Kier molecular flexibility index (Phi) is 65.3. The van der Waals surface area contributed by atoms with Gasteiger partial charge in [0.05, 0.1) is 0 Å². The van der Waals surface area contributed by atoms with Gasteiger partial charge in [-0.2, -0.15) is 6.42 Å². The second-order valence-corrected chi connectivity index (χ2v) is 0.500. The molecule has 0 aromatic rings. The first-order chi connectivity index (χ1) is 1.41. The summed E-state index contributed by atoms with van der Waals surface area (Å²) >= 11 is 0. The molecule has 5 heavy (non-hydrogen) atoms. The second kappa shape index (κ2) is 19.7. The fraction of sp³-hybridized carbons (Fsp3) is 0.500. The summed E-state index contributed by atoms with van der Waals surface area (Å²) in [5.74, 6) is 0. The quantitative estimate of drug-likeness (QED) is 0.597. The van der Waals surface area contributed by atoms with Crippen LogP contribution in [0.2, 0.25) is 0 Å². The molecule has 0 aliphatic carbocycles. The molecule has 0 nitrogen and oxygen atoms in total. The van der Waals surface area contributed by atoms with Crippen LogP contribution in [-0.4, -0.2) is 0 Å². The Morgan fingerprint density at radius 3 is 1.60 bits per heavy atom. The van der Waals surface area contributed by atoms with Gasteiger partial charge < -0.3 is 14.4 Å². The van der Waals surface area contributed by atoms with Gasteiger partial charge in [0.25, 0.3) is 0 Å². The number of hydrogen-bond acceptors (Lipinski definition) is 0. The number of hydrogen-bond donors (Lipinski definition) is 0. The Hall–Kier alpha value is 1.05. The van der Waals surface area contributed by atoms with E-state index in [0.717, 1.165) is 6.42 Å². The van der Waals surface area contributed by atoms with Gasteiger partial charge in [-0.1, -0.05) is 6.92 Å². The summed E-state index contributed by atoms with van der Waals surface area (Å²) in [5.41, 5.74) is 0. The minimum absolute atomic E-state index is 0. The Balaban J connectivity index is -0.0000000200. The van der Waals surface area contributed by atoms with Crippen LogP contribution in [0, 0.1) is 45.5 Å². The van der Waals surface area contributed by atoms with Gasteiger partial charge in [-0.05, 0) is 0 Å². The molecule has 0 fully saturated rings. The van der Waals surface area contributed by atoms with E-state index in [4.69, 9.17) is 0 Å². The largest absolute Gasteiger partial charge is 2.00 e. The van der Waals surface area contributed by atoms with Crippen LogP contribution in [0.5, 0.6) is 0 Å². The van der Waals surface area contributed by atoms with Gasteiger partial charge in [0, 0.05) is 0 Å². The maximum absolute atomic E-state index is 3.49. The first-order valence-corrected chi connectivity index (χ1v) is 1.21. The number of rotatable bonds is 0. The van der Waals surface area contributed by atoms with Crippen molar-refractivity contribution in [2.45, 2.75) is 13.3 Å². The molecule has 0 radical (unpaired) electrons. The molecule has 30 valence electrons. The van der Waals surface area contributed by atoms with Crippen molar-refractivity contribution in [3.05, 3.63) is 14.4 Å². The van der Waals surface area contributed by atoms with Crippen molar-refractivity contribution in [1.82, 2.24) is 0 Å². The molecular weight excluding hydrogens is 286 g/mol. The Bertz CT molecular complexity index is 3.61. The average Bonchev–Trinajstić information content (AvgIpc) is 0.918. The average molecular weight is 296 g/mol. The predicted molar refractivity (Wildman–Crippen MR) is 22.1 cm³/mol. The SMILES string of the molecule is [CH2-]CC.[CH3-].[U+2]. The molecule has 0 aromatic carbocycles. The summed E-state index contributed by atoms with van der Waals surface area (Å²) in [6.07, 6.45) is 1.00. The van der Waals surface area contributed by atoms with Crippen LogP contribution in [0.25, 0.3) is 0 Å². The second-order valence-electron chi connectivity index (χ2n) is 0.500. The minimum atomic E-state index is 0. The zero-order valence-corrected chi connectivity index (χ0v) is 8.08. The van der Waals surface area contributed by atoms with E-state index >= 15 is 0 Å². The van der Waals surface area contributed by atoms with Crippen LogP contribution in [0.4, 0.5) is 0 Å². The summed E-state index contributed by atoms with van der Waals surface area (Å²) in [5, 5.41) is 0. The van der Waals surface area contributed by atoms with Gasteiger partial charge in [-0.15, -0.1) is 0 Å². The molecule has 0 atom stereocenters. The van der Waals surface area contributed by atoms with Crippen molar-refractivity contribution in [3.63, 3.8) is 0 Å². The fourth-order valence-electron chi connectivity index (χ4n) is 0. The van der Waals surface area contributed by atoms with Crippen LogP contribution in [-0.2, 0) is 0 Å². The molecule has 0 aromatic heterocycles. The summed E-state index contributed by atoms with van der Waals surface area (Å²) in [6.45, 7) is 5.50. The van der Waals surface area contributed by atoms with E-state index in [1.165, 1.54) is 0 Å². The third-order valence-corrected chi connectivity index (χ3v) is 0.